The van der Waals surface area contributed by atoms with Gasteiger partial charge in [0.2, 0.25) is 12.7 Å². The molecule has 30 heavy (non-hydrogen) atoms. The standard InChI is InChI=1S/C21H22FN3O5/c1-2-28-21(27)13-3-5-15(6-4-13)24-20(26)17-9-14(22)10-25(17)11-16-19-18(7-8-23-16)29-12-30-19/h3-8,14,17H,2,9-12H2,1H3,(H,24,26)/t14-,17+/m0/s1. The Hall–Kier alpha value is -3.20. The summed E-state index contributed by atoms with van der Waals surface area (Å²) >= 11 is 0. The predicted molar refractivity (Wildman–Crippen MR) is 105 cm³/mol. The lowest BCUT2D eigenvalue weighted by Crippen LogP contribution is -2.39. The molecule has 8 nitrogen and oxygen atoms in total. The lowest BCUT2D eigenvalue weighted by molar-refractivity contribution is -0.120. The van der Waals surface area contributed by atoms with E-state index in [1.165, 1.54) is 0 Å². The fraction of sp³-hybridized carbons (Fsp3) is 0.381. The van der Waals surface area contributed by atoms with Gasteiger partial charge in [-0.25, -0.2) is 9.18 Å². The number of rotatable bonds is 6. The summed E-state index contributed by atoms with van der Waals surface area (Å²) in [7, 11) is 0. The Balaban J connectivity index is 1.44. The summed E-state index contributed by atoms with van der Waals surface area (Å²) in [6, 6.07) is 7.45. The van der Waals surface area contributed by atoms with Crippen molar-refractivity contribution in [2.75, 3.05) is 25.3 Å². The largest absolute Gasteiger partial charge is 0.462 e. The molecule has 0 radical (unpaired) electrons. The molecule has 9 heteroatoms. The number of nitrogens with zero attached hydrogens (tertiary/aromatic N) is 2. The minimum atomic E-state index is -1.11. The van der Waals surface area contributed by atoms with Gasteiger partial charge >= 0.3 is 5.97 Å². The van der Waals surface area contributed by atoms with Crippen LogP contribution in [0.2, 0.25) is 0 Å². The first-order chi connectivity index (χ1) is 14.5. The number of nitrogens with one attached hydrogen (secondary N) is 1. The minimum Gasteiger partial charge on any atom is -0.462 e. The number of hydrogen-bond donors (Lipinski definition) is 1. The summed E-state index contributed by atoms with van der Waals surface area (Å²) in [6.45, 7) is 2.54. The third-order valence-electron chi connectivity index (χ3n) is 5.03. The molecule has 2 aromatic rings. The van der Waals surface area contributed by atoms with E-state index >= 15 is 0 Å². The maximum atomic E-state index is 14.2. The van der Waals surface area contributed by atoms with Crippen molar-refractivity contribution in [2.24, 2.45) is 0 Å². The van der Waals surface area contributed by atoms with Crippen molar-refractivity contribution in [3.8, 4) is 11.5 Å². The molecule has 0 bridgehead atoms. The number of pyridine rings is 1. The van der Waals surface area contributed by atoms with Gasteiger partial charge in [-0.1, -0.05) is 0 Å². The first kappa shape index (κ1) is 20.1. The van der Waals surface area contributed by atoms with Gasteiger partial charge in [-0.15, -0.1) is 0 Å². The van der Waals surface area contributed by atoms with Crippen LogP contribution in [0.4, 0.5) is 10.1 Å². The quantitative estimate of drug-likeness (QED) is 0.725. The highest BCUT2D eigenvalue weighted by atomic mass is 19.1. The molecule has 4 rings (SSSR count). The smallest absolute Gasteiger partial charge is 0.338 e. The first-order valence-electron chi connectivity index (χ1n) is 9.74. The zero-order valence-corrected chi connectivity index (χ0v) is 16.5. The monoisotopic (exact) mass is 415 g/mol. The Morgan fingerprint density at radius 2 is 2.07 bits per heavy atom. The number of fused-ring (bicyclic) bond motifs is 1. The summed E-state index contributed by atoms with van der Waals surface area (Å²) in [6.07, 6.45) is 0.589. The lowest BCUT2D eigenvalue weighted by atomic mass is 10.1. The van der Waals surface area contributed by atoms with Gasteiger partial charge in [-0.05, 0) is 31.2 Å². The molecule has 0 saturated carbocycles. The second kappa shape index (κ2) is 8.66. The van der Waals surface area contributed by atoms with Crippen molar-refractivity contribution in [3.05, 3.63) is 47.8 Å². The Labute approximate surface area is 172 Å². The molecule has 2 aliphatic heterocycles. The Morgan fingerprint density at radius 1 is 1.27 bits per heavy atom. The molecule has 0 aliphatic carbocycles. The normalized spacial score (nSPS) is 20.2. The highest BCUT2D eigenvalue weighted by Gasteiger charge is 2.38. The van der Waals surface area contributed by atoms with E-state index in [9.17, 15) is 14.0 Å². The van der Waals surface area contributed by atoms with E-state index in [2.05, 4.69) is 10.3 Å². The van der Waals surface area contributed by atoms with E-state index in [0.717, 1.165) is 0 Å². The average Bonchev–Trinajstić information content (AvgIpc) is 3.36. The van der Waals surface area contributed by atoms with Crippen molar-refractivity contribution in [2.45, 2.75) is 32.1 Å². The molecule has 2 aliphatic rings. The number of carbonyl (C=O) groups excluding carboxylic acids is 2. The van der Waals surface area contributed by atoms with Crippen LogP contribution in [0.5, 0.6) is 11.5 Å². The third-order valence-corrected chi connectivity index (χ3v) is 5.03. The Bertz CT molecular complexity index is 937. The number of amides is 1. The second-order valence-electron chi connectivity index (χ2n) is 7.06. The number of ether oxygens (including phenoxy) is 3. The summed E-state index contributed by atoms with van der Waals surface area (Å²) in [5.41, 5.74) is 1.52. The van der Waals surface area contributed by atoms with E-state index < -0.39 is 18.2 Å². The molecule has 2 atom stereocenters. The molecular weight excluding hydrogens is 393 g/mol. The third kappa shape index (κ3) is 4.20. The molecule has 1 fully saturated rings. The zero-order chi connectivity index (χ0) is 21.1. The first-order valence-corrected chi connectivity index (χ1v) is 9.74. The Morgan fingerprint density at radius 3 is 2.83 bits per heavy atom. The van der Waals surface area contributed by atoms with Crippen LogP contribution in [-0.2, 0) is 16.1 Å². The van der Waals surface area contributed by atoms with E-state index in [0.29, 0.717) is 28.4 Å². The molecule has 1 amide bonds. The van der Waals surface area contributed by atoms with Gasteiger partial charge in [0, 0.05) is 37.5 Å². The maximum Gasteiger partial charge on any atom is 0.338 e. The van der Waals surface area contributed by atoms with Gasteiger partial charge in [0.1, 0.15) is 11.9 Å². The summed E-state index contributed by atoms with van der Waals surface area (Å²) in [5, 5.41) is 2.79. The number of carbonyl (C=O) groups is 2. The SMILES string of the molecule is CCOC(=O)c1ccc(NC(=O)[C@H]2C[C@H](F)CN2Cc2nccc3c2OCO3)cc1. The van der Waals surface area contributed by atoms with Crippen LogP contribution in [0.3, 0.4) is 0 Å². The van der Waals surface area contributed by atoms with Crippen molar-refractivity contribution >= 4 is 17.6 Å². The number of hydrogen-bond acceptors (Lipinski definition) is 7. The van der Waals surface area contributed by atoms with E-state index in [1.54, 1.807) is 48.4 Å². The molecule has 158 valence electrons. The van der Waals surface area contributed by atoms with Gasteiger partial charge in [0.15, 0.2) is 11.5 Å². The average molecular weight is 415 g/mol. The van der Waals surface area contributed by atoms with Crippen LogP contribution < -0.4 is 14.8 Å². The van der Waals surface area contributed by atoms with E-state index in [1.807, 2.05) is 0 Å². The van der Waals surface area contributed by atoms with Gasteiger partial charge in [0.25, 0.3) is 0 Å². The zero-order valence-electron chi connectivity index (χ0n) is 16.5. The van der Waals surface area contributed by atoms with Crippen LogP contribution in [-0.4, -0.2) is 53.9 Å². The Kier molecular flexibility index (Phi) is 5.80. The van der Waals surface area contributed by atoms with Crippen molar-refractivity contribution in [3.63, 3.8) is 0 Å². The number of anilines is 1. The number of esters is 1. The van der Waals surface area contributed by atoms with Crippen LogP contribution in [0.15, 0.2) is 36.5 Å². The maximum absolute atomic E-state index is 14.2. The van der Waals surface area contributed by atoms with Crippen molar-refractivity contribution in [1.29, 1.82) is 0 Å². The summed E-state index contributed by atoms with van der Waals surface area (Å²) < 4.78 is 29.9. The summed E-state index contributed by atoms with van der Waals surface area (Å²) in [5.74, 6) is 0.391. The molecule has 1 aromatic carbocycles. The van der Waals surface area contributed by atoms with Gasteiger partial charge in [0.05, 0.1) is 18.2 Å². The second-order valence-corrected chi connectivity index (χ2v) is 7.06. The van der Waals surface area contributed by atoms with Crippen molar-refractivity contribution < 1.29 is 28.2 Å². The highest BCUT2D eigenvalue weighted by Crippen LogP contribution is 2.35. The molecule has 0 unspecified atom stereocenters. The molecule has 3 heterocycles. The van der Waals surface area contributed by atoms with Crippen LogP contribution in [0.1, 0.15) is 29.4 Å². The van der Waals surface area contributed by atoms with Crippen LogP contribution in [0, 0.1) is 0 Å². The summed E-state index contributed by atoms with van der Waals surface area (Å²) in [4.78, 5) is 30.6. The number of halogens is 1. The molecule has 1 saturated heterocycles. The topological polar surface area (TPSA) is 90.0 Å². The van der Waals surface area contributed by atoms with E-state index in [4.69, 9.17) is 14.2 Å². The number of alkyl halides is 1. The number of aromatic nitrogens is 1. The highest BCUT2D eigenvalue weighted by molar-refractivity contribution is 5.96. The molecule has 1 N–H and O–H groups in total. The predicted octanol–water partition coefficient (Wildman–Crippen LogP) is 2.54. The van der Waals surface area contributed by atoms with Gasteiger partial charge in [-0.3, -0.25) is 14.7 Å². The van der Waals surface area contributed by atoms with Crippen LogP contribution >= 0.6 is 0 Å². The number of benzene rings is 1. The van der Waals surface area contributed by atoms with Gasteiger partial charge in [-0.2, -0.15) is 0 Å². The molecule has 1 aromatic heterocycles. The lowest BCUT2D eigenvalue weighted by Gasteiger charge is -2.23. The number of likely N-dealkylation sites (tertiary alicyclic amines) is 1. The van der Waals surface area contributed by atoms with E-state index in [-0.39, 0.29) is 38.8 Å². The fourth-order valence-corrected chi connectivity index (χ4v) is 3.62. The molecule has 0 spiro atoms. The molecular formula is C21H22FN3O5. The van der Waals surface area contributed by atoms with Crippen molar-refractivity contribution in [1.82, 2.24) is 9.88 Å². The van der Waals surface area contributed by atoms with Gasteiger partial charge < -0.3 is 19.5 Å². The fourth-order valence-electron chi connectivity index (χ4n) is 3.62. The minimum absolute atomic E-state index is 0.0964. The van der Waals surface area contributed by atoms with Crippen LogP contribution in [0.25, 0.3) is 0 Å².